The highest BCUT2D eigenvalue weighted by Gasteiger charge is 2.12. The van der Waals surface area contributed by atoms with Crippen LogP contribution in [-0.2, 0) is 11.3 Å². The molecule has 144 valence electrons. The molecule has 0 fully saturated rings. The van der Waals surface area contributed by atoms with Crippen LogP contribution in [0.15, 0.2) is 54.7 Å². The highest BCUT2D eigenvalue weighted by molar-refractivity contribution is 6.33. The molecule has 0 aliphatic carbocycles. The molecule has 0 unspecified atom stereocenters. The van der Waals surface area contributed by atoms with Crippen LogP contribution in [0.1, 0.15) is 22.8 Å². The van der Waals surface area contributed by atoms with Gasteiger partial charge in [0.2, 0.25) is 5.95 Å². The van der Waals surface area contributed by atoms with Crippen LogP contribution in [-0.4, -0.2) is 34.8 Å². The van der Waals surface area contributed by atoms with E-state index in [0.717, 1.165) is 6.54 Å². The third-order valence-electron chi connectivity index (χ3n) is 4.10. The van der Waals surface area contributed by atoms with Crippen molar-refractivity contribution in [1.82, 2.24) is 15.2 Å². The predicted octanol–water partition coefficient (Wildman–Crippen LogP) is 4.08. The molecule has 0 spiro atoms. The summed E-state index contributed by atoms with van der Waals surface area (Å²) in [5.41, 5.74) is 2.04. The van der Waals surface area contributed by atoms with Gasteiger partial charge in [0.25, 0.3) is 0 Å². The van der Waals surface area contributed by atoms with Crippen LogP contribution in [0.5, 0.6) is 0 Å². The van der Waals surface area contributed by atoms with Crippen LogP contribution >= 0.6 is 11.6 Å². The predicted molar refractivity (Wildman–Crippen MR) is 109 cm³/mol. The van der Waals surface area contributed by atoms with Gasteiger partial charge in [-0.25, -0.2) is 4.79 Å². The van der Waals surface area contributed by atoms with Crippen molar-refractivity contribution in [3.8, 4) is 0 Å². The highest BCUT2D eigenvalue weighted by atomic mass is 35.5. The maximum atomic E-state index is 11.7. The first-order valence-corrected chi connectivity index (χ1v) is 9.12. The fraction of sp³-hybridized carbons (Fsp3) is 0.200. The fourth-order valence-corrected chi connectivity index (χ4v) is 2.81. The van der Waals surface area contributed by atoms with E-state index in [1.807, 2.05) is 18.2 Å². The van der Waals surface area contributed by atoms with Crippen molar-refractivity contribution in [2.24, 2.45) is 0 Å². The van der Waals surface area contributed by atoms with Gasteiger partial charge in [-0.3, -0.25) is 0 Å². The van der Waals surface area contributed by atoms with Crippen LogP contribution in [0, 0.1) is 0 Å². The van der Waals surface area contributed by atoms with Gasteiger partial charge < -0.3 is 15.0 Å². The average Bonchev–Trinajstić information content (AvgIpc) is 2.74. The average molecular weight is 398 g/mol. The number of halogens is 1. The Morgan fingerprint density at radius 3 is 2.71 bits per heavy atom. The Bertz CT molecular complexity index is 952. The van der Waals surface area contributed by atoms with Crippen molar-refractivity contribution in [3.05, 3.63) is 70.9 Å². The van der Waals surface area contributed by atoms with E-state index in [-0.39, 0.29) is 5.95 Å². The summed E-state index contributed by atoms with van der Waals surface area (Å²) in [5.74, 6) is 0.518. The molecule has 0 bridgehead atoms. The molecule has 8 heteroatoms. The molecule has 1 heterocycles. The largest absolute Gasteiger partial charge is 0.465 e. The Morgan fingerprint density at radius 2 is 2.00 bits per heavy atom. The van der Waals surface area contributed by atoms with Gasteiger partial charge in [0, 0.05) is 13.1 Å². The second-order valence-electron chi connectivity index (χ2n) is 5.95. The minimum Gasteiger partial charge on any atom is -0.465 e. The van der Waals surface area contributed by atoms with E-state index >= 15 is 0 Å². The van der Waals surface area contributed by atoms with Gasteiger partial charge in [0.15, 0.2) is 5.82 Å². The Kier molecular flexibility index (Phi) is 6.39. The number of aromatic nitrogens is 3. The van der Waals surface area contributed by atoms with Crippen molar-refractivity contribution in [2.45, 2.75) is 13.5 Å². The van der Waals surface area contributed by atoms with E-state index in [1.54, 1.807) is 24.4 Å². The number of benzene rings is 2. The Morgan fingerprint density at radius 1 is 1.21 bits per heavy atom. The van der Waals surface area contributed by atoms with Crippen molar-refractivity contribution in [1.29, 1.82) is 0 Å². The third-order valence-corrected chi connectivity index (χ3v) is 4.43. The van der Waals surface area contributed by atoms with Gasteiger partial charge in [0.1, 0.15) is 0 Å². The van der Waals surface area contributed by atoms with E-state index in [9.17, 15) is 4.79 Å². The lowest BCUT2D eigenvalue weighted by Crippen LogP contribution is -2.23. The summed E-state index contributed by atoms with van der Waals surface area (Å²) < 4.78 is 4.74. The number of esters is 1. The molecule has 0 amide bonds. The fourth-order valence-electron chi connectivity index (χ4n) is 2.65. The topological polar surface area (TPSA) is 80.2 Å². The summed E-state index contributed by atoms with van der Waals surface area (Å²) in [5, 5.41) is 11.5. The second-order valence-corrected chi connectivity index (χ2v) is 6.36. The van der Waals surface area contributed by atoms with Gasteiger partial charge in [-0.2, -0.15) is 10.1 Å². The molecule has 3 rings (SSSR count). The number of rotatable bonds is 7. The zero-order chi connectivity index (χ0) is 19.9. The Labute approximate surface area is 168 Å². The molecular weight excluding hydrogens is 378 g/mol. The summed E-state index contributed by atoms with van der Waals surface area (Å²) >= 11 is 6.23. The number of methoxy groups -OCH3 is 1. The molecule has 0 aliphatic rings. The van der Waals surface area contributed by atoms with Crippen LogP contribution < -0.4 is 10.2 Å². The lowest BCUT2D eigenvalue weighted by Gasteiger charge is -2.22. The zero-order valence-corrected chi connectivity index (χ0v) is 16.3. The first kappa shape index (κ1) is 19.6. The standard InChI is InChI=1S/C20H20ClN5O2/c1-3-26(13-14-7-5-4-6-8-14)18-12-22-25-20(24-18)23-17-11-15(19(27)28-2)9-10-16(17)21/h4-12H,3,13H2,1-2H3,(H,23,24,25). The van der Waals surface area contributed by atoms with Crippen molar-refractivity contribution in [2.75, 3.05) is 23.9 Å². The molecule has 1 aromatic heterocycles. The summed E-state index contributed by atoms with van der Waals surface area (Å²) in [7, 11) is 1.33. The molecule has 3 aromatic rings. The molecule has 0 atom stereocenters. The molecule has 1 N–H and O–H groups in total. The molecule has 0 saturated heterocycles. The van der Waals surface area contributed by atoms with Crippen LogP contribution in [0.4, 0.5) is 17.5 Å². The number of hydrogen-bond acceptors (Lipinski definition) is 7. The molecule has 0 radical (unpaired) electrons. The first-order chi connectivity index (χ1) is 13.6. The van der Waals surface area contributed by atoms with E-state index < -0.39 is 5.97 Å². The van der Waals surface area contributed by atoms with Crippen LogP contribution in [0.25, 0.3) is 0 Å². The van der Waals surface area contributed by atoms with Gasteiger partial charge in [-0.15, -0.1) is 5.10 Å². The molecule has 2 aromatic carbocycles. The van der Waals surface area contributed by atoms with Crippen molar-refractivity contribution >= 4 is 35.0 Å². The van der Waals surface area contributed by atoms with E-state index in [2.05, 4.69) is 44.5 Å². The number of carbonyl (C=O) groups is 1. The Hall–Kier alpha value is -3.19. The summed E-state index contributed by atoms with van der Waals surface area (Å²) in [4.78, 5) is 18.4. The lowest BCUT2D eigenvalue weighted by molar-refractivity contribution is 0.0601. The molecular formula is C20H20ClN5O2. The van der Waals surface area contributed by atoms with Crippen molar-refractivity contribution < 1.29 is 9.53 Å². The quantitative estimate of drug-likeness (QED) is 0.601. The zero-order valence-electron chi connectivity index (χ0n) is 15.6. The molecule has 0 aliphatic heterocycles. The minimum atomic E-state index is -0.451. The van der Waals surface area contributed by atoms with Crippen molar-refractivity contribution in [3.63, 3.8) is 0 Å². The maximum Gasteiger partial charge on any atom is 0.337 e. The number of carbonyl (C=O) groups excluding carboxylic acids is 1. The summed E-state index contributed by atoms with van der Waals surface area (Å²) in [6.07, 6.45) is 1.62. The van der Waals surface area contributed by atoms with Gasteiger partial charge in [-0.1, -0.05) is 41.9 Å². The minimum absolute atomic E-state index is 0.285. The normalized spacial score (nSPS) is 10.4. The number of nitrogens with zero attached hydrogens (tertiary/aromatic N) is 4. The smallest absolute Gasteiger partial charge is 0.337 e. The monoisotopic (exact) mass is 397 g/mol. The molecule has 0 saturated carbocycles. The Balaban J connectivity index is 1.82. The van der Waals surface area contributed by atoms with Gasteiger partial charge >= 0.3 is 5.97 Å². The third kappa shape index (κ3) is 4.75. The first-order valence-electron chi connectivity index (χ1n) is 8.74. The molecule has 7 nitrogen and oxygen atoms in total. The van der Waals surface area contributed by atoms with Gasteiger partial charge in [-0.05, 0) is 30.7 Å². The van der Waals surface area contributed by atoms with E-state index in [1.165, 1.54) is 12.7 Å². The lowest BCUT2D eigenvalue weighted by atomic mass is 10.2. The van der Waals surface area contributed by atoms with Crippen LogP contribution in [0.2, 0.25) is 5.02 Å². The number of hydrogen-bond donors (Lipinski definition) is 1. The van der Waals surface area contributed by atoms with E-state index in [0.29, 0.717) is 28.6 Å². The second kappa shape index (κ2) is 9.14. The SMILES string of the molecule is CCN(Cc1ccccc1)c1cnnc(Nc2cc(C(=O)OC)ccc2Cl)n1. The number of nitrogens with one attached hydrogen (secondary N) is 1. The maximum absolute atomic E-state index is 11.7. The number of ether oxygens (including phenoxy) is 1. The summed E-state index contributed by atoms with van der Waals surface area (Å²) in [6, 6.07) is 14.9. The number of anilines is 3. The van der Waals surface area contributed by atoms with Gasteiger partial charge in [0.05, 0.1) is 29.6 Å². The van der Waals surface area contributed by atoms with E-state index in [4.69, 9.17) is 16.3 Å². The highest BCUT2D eigenvalue weighted by Crippen LogP contribution is 2.26. The molecule has 28 heavy (non-hydrogen) atoms. The van der Waals surface area contributed by atoms with Crippen LogP contribution in [0.3, 0.4) is 0 Å². The summed E-state index contributed by atoms with van der Waals surface area (Å²) in [6.45, 7) is 3.51.